The van der Waals surface area contributed by atoms with Crippen molar-refractivity contribution in [2.24, 2.45) is 0 Å². The zero-order valence-corrected chi connectivity index (χ0v) is 19.5. The molecule has 1 aliphatic rings. The first kappa shape index (κ1) is 23.5. The highest BCUT2D eigenvalue weighted by Gasteiger charge is 2.28. The molecule has 0 bridgehead atoms. The molecule has 1 N–H and O–H groups in total. The minimum absolute atomic E-state index is 0.0170. The van der Waals surface area contributed by atoms with E-state index in [-0.39, 0.29) is 23.0 Å². The highest BCUT2D eigenvalue weighted by Crippen LogP contribution is 2.27. The molecular formula is C27H31N3O4. The third-order valence-electron chi connectivity index (χ3n) is 6.27. The van der Waals surface area contributed by atoms with Crippen LogP contribution in [0.5, 0.6) is 0 Å². The second-order valence-electron chi connectivity index (χ2n) is 8.78. The van der Waals surface area contributed by atoms with Crippen LogP contribution >= 0.6 is 0 Å². The molecule has 2 aromatic heterocycles. The molecule has 1 atom stereocenters. The van der Waals surface area contributed by atoms with Gasteiger partial charge in [0.25, 0.3) is 11.8 Å². The first-order chi connectivity index (χ1) is 16.6. The van der Waals surface area contributed by atoms with Crippen LogP contribution in [-0.4, -0.2) is 40.9 Å². The SMILES string of the molecule is CCCCNC(=O)c1cn(Cc2ccco2)cc(C(=O)N2CCC[C@@H](c3ccccc3)C2)c1=O. The fourth-order valence-corrected chi connectivity index (χ4v) is 4.42. The fraction of sp³-hybridized carbons (Fsp3) is 0.370. The van der Waals surface area contributed by atoms with E-state index in [1.807, 2.05) is 31.2 Å². The van der Waals surface area contributed by atoms with Crippen LogP contribution in [0.1, 0.15) is 70.6 Å². The van der Waals surface area contributed by atoms with E-state index in [9.17, 15) is 14.4 Å². The lowest BCUT2D eigenvalue weighted by Crippen LogP contribution is -2.42. The number of rotatable bonds is 8. The van der Waals surface area contributed by atoms with Crippen molar-refractivity contribution in [1.29, 1.82) is 0 Å². The summed E-state index contributed by atoms with van der Waals surface area (Å²) in [4.78, 5) is 41.4. The molecule has 4 rings (SSSR count). The lowest BCUT2D eigenvalue weighted by molar-refractivity contribution is 0.0704. The van der Waals surface area contributed by atoms with Crippen molar-refractivity contribution in [3.8, 4) is 0 Å². The Bertz CT molecular complexity index is 1170. The maximum atomic E-state index is 13.5. The second kappa shape index (κ2) is 11.0. The van der Waals surface area contributed by atoms with Crippen molar-refractivity contribution in [1.82, 2.24) is 14.8 Å². The predicted molar refractivity (Wildman–Crippen MR) is 130 cm³/mol. The van der Waals surface area contributed by atoms with E-state index >= 15 is 0 Å². The Morgan fingerprint density at radius 1 is 1.09 bits per heavy atom. The third kappa shape index (κ3) is 5.47. The Kier molecular flexibility index (Phi) is 7.62. The summed E-state index contributed by atoms with van der Waals surface area (Å²) in [5.41, 5.74) is 0.657. The van der Waals surface area contributed by atoms with Crippen LogP contribution in [0.25, 0.3) is 0 Å². The summed E-state index contributed by atoms with van der Waals surface area (Å²) in [5, 5.41) is 2.80. The van der Waals surface area contributed by atoms with Crippen LogP contribution in [0, 0.1) is 0 Å². The summed E-state index contributed by atoms with van der Waals surface area (Å²) in [5.74, 6) is 0.107. The zero-order chi connectivity index (χ0) is 23.9. The topological polar surface area (TPSA) is 84.6 Å². The molecule has 0 saturated carbocycles. The van der Waals surface area contributed by atoms with Gasteiger partial charge in [0.05, 0.1) is 12.8 Å². The van der Waals surface area contributed by atoms with Crippen LogP contribution in [0.2, 0.25) is 0 Å². The molecule has 1 aromatic carbocycles. The van der Waals surface area contributed by atoms with Gasteiger partial charge in [0.1, 0.15) is 16.9 Å². The summed E-state index contributed by atoms with van der Waals surface area (Å²) in [6.07, 6.45) is 8.23. The molecule has 0 aliphatic carbocycles. The van der Waals surface area contributed by atoms with E-state index in [0.29, 0.717) is 31.9 Å². The molecular weight excluding hydrogens is 430 g/mol. The van der Waals surface area contributed by atoms with Crippen molar-refractivity contribution in [3.63, 3.8) is 0 Å². The van der Waals surface area contributed by atoms with Gasteiger partial charge >= 0.3 is 0 Å². The number of hydrogen-bond acceptors (Lipinski definition) is 4. The van der Waals surface area contributed by atoms with Gasteiger partial charge in [-0.2, -0.15) is 0 Å². The maximum Gasteiger partial charge on any atom is 0.259 e. The van der Waals surface area contributed by atoms with E-state index < -0.39 is 11.3 Å². The Morgan fingerprint density at radius 2 is 1.88 bits per heavy atom. The molecule has 0 radical (unpaired) electrons. The number of nitrogens with zero attached hydrogens (tertiary/aromatic N) is 2. The Labute approximate surface area is 199 Å². The first-order valence-electron chi connectivity index (χ1n) is 12.0. The smallest absolute Gasteiger partial charge is 0.259 e. The van der Waals surface area contributed by atoms with Crippen molar-refractivity contribution in [2.45, 2.75) is 45.1 Å². The van der Waals surface area contributed by atoms with Crippen LogP contribution in [0.15, 0.2) is 70.3 Å². The zero-order valence-electron chi connectivity index (χ0n) is 19.5. The molecule has 0 spiro atoms. The average Bonchev–Trinajstić information content (AvgIpc) is 3.38. The molecule has 7 nitrogen and oxygen atoms in total. The van der Waals surface area contributed by atoms with Crippen molar-refractivity contribution >= 4 is 11.8 Å². The quantitative estimate of drug-likeness (QED) is 0.513. The fourth-order valence-electron chi connectivity index (χ4n) is 4.42. The molecule has 0 unspecified atom stereocenters. The number of carbonyl (C=O) groups excluding carboxylic acids is 2. The largest absolute Gasteiger partial charge is 0.467 e. The lowest BCUT2D eigenvalue weighted by Gasteiger charge is -2.33. The molecule has 178 valence electrons. The first-order valence-corrected chi connectivity index (χ1v) is 12.0. The van der Waals surface area contributed by atoms with Crippen molar-refractivity contribution in [3.05, 3.63) is 93.8 Å². The molecule has 3 aromatic rings. The Morgan fingerprint density at radius 3 is 2.62 bits per heavy atom. The molecule has 7 heteroatoms. The van der Waals surface area contributed by atoms with E-state index in [2.05, 4.69) is 17.4 Å². The summed E-state index contributed by atoms with van der Waals surface area (Å²) < 4.78 is 7.11. The summed E-state index contributed by atoms with van der Waals surface area (Å²) >= 11 is 0. The number of pyridine rings is 1. The lowest BCUT2D eigenvalue weighted by atomic mass is 9.90. The van der Waals surface area contributed by atoms with Gasteiger partial charge in [0.2, 0.25) is 5.43 Å². The highest BCUT2D eigenvalue weighted by atomic mass is 16.3. The molecule has 1 aliphatic heterocycles. The summed E-state index contributed by atoms with van der Waals surface area (Å²) in [6.45, 7) is 3.97. The van der Waals surface area contributed by atoms with Gasteiger partial charge in [0.15, 0.2) is 0 Å². The molecule has 1 saturated heterocycles. The predicted octanol–water partition coefficient (Wildman–Crippen LogP) is 4.04. The van der Waals surface area contributed by atoms with Crippen LogP contribution in [0.4, 0.5) is 0 Å². The number of aromatic nitrogens is 1. The third-order valence-corrected chi connectivity index (χ3v) is 6.27. The number of carbonyl (C=O) groups is 2. The summed E-state index contributed by atoms with van der Waals surface area (Å²) in [7, 11) is 0. The van der Waals surface area contributed by atoms with Gasteiger partial charge in [-0.3, -0.25) is 14.4 Å². The standard InChI is InChI=1S/C27H31N3O4/c1-2-3-13-28-26(32)23-18-29(17-22-12-8-15-34-22)19-24(25(23)31)27(33)30-14-7-11-21(16-30)20-9-5-4-6-10-20/h4-6,8-10,12,15,18-19,21H,2-3,7,11,13-14,16-17H2,1H3,(H,28,32)/t21-/m1/s1. The number of amides is 2. The second-order valence-corrected chi connectivity index (χ2v) is 8.78. The monoisotopic (exact) mass is 461 g/mol. The number of benzene rings is 1. The number of furan rings is 1. The normalized spacial score (nSPS) is 15.8. The van der Waals surface area contributed by atoms with Gasteiger partial charge in [-0.05, 0) is 37.0 Å². The number of nitrogens with one attached hydrogen (secondary N) is 1. The highest BCUT2D eigenvalue weighted by molar-refractivity contribution is 5.99. The van der Waals surface area contributed by atoms with Gasteiger partial charge in [0, 0.05) is 37.9 Å². The minimum atomic E-state index is -0.531. The van der Waals surface area contributed by atoms with E-state index in [4.69, 9.17) is 4.42 Å². The number of hydrogen-bond donors (Lipinski definition) is 1. The van der Waals surface area contributed by atoms with Crippen LogP contribution in [0.3, 0.4) is 0 Å². The Hall–Kier alpha value is -3.61. The van der Waals surface area contributed by atoms with Crippen LogP contribution < -0.4 is 10.7 Å². The number of unbranched alkanes of at least 4 members (excludes halogenated alkanes) is 1. The van der Waals surface area contributed by atoms with E-state index in [1.54, 1.807) is 28.0 Å². The van der Waals surface area contributed by atoms with E-state index in [0.717, 1.165) is 25.7 Å². The Balaban J connectivity index is 1.63. The maximum absolute atomic E-state index is 13.5. The van der Waals surface area contributed by atoms with Gasteiger partial charge in [-0.15, -0.1) is 0 Å². The number of piperidine rings is 1. The van der Waals surface area contributed by atoms with Gasteiger partial charge in [-0.1, -0.05) is 43.7 Å². The molecule has 2 amide bonds. The molecule has 1 fully saturated rings. The average molecular weight is 462 g/mol. The van der Waals surface area contributed by atoms with Crippen LogP contribution in [-0.2, 0) is 6.54 Å². The summed E-state index contributed by atoms with van der Waals surface area (Å²) in [6, 6.07) is 13.7. The van der Waals surface area contributed by atoms with Crippen molar-refractivity contribution < 1.29 is 14.0 Å². The van der Waals surface area contributed by atoms with Crippen molar-refractivity contribution in [2.75, 3.05) is 19.6 Å². The van der Waals surface area contributed by atoms with Gasteiger partial charge in [-0.25, -0.2) is 0 Å². The molecule has 3 heterocycles. The number of likely N-dealkylation sites (tertiary alicyclic amines) is 1. The minimum Gasteiger partial charge on any atom is -0.467 e. The molecule has 34 heavy (non-hydrogen) atoms. The van der Waals surface area contributed by atoms with Gasteiger partial charge < -0.3 is 19.2 Å². The van der Waals surface area contributed by atoms with E-state index in [1.165, 1.54) is 11.8 Å².